The fourth-order valence-corrected chi connectivity index (χ4v) is 3.12. The first-order valence-corrected chi connectivity index (χ1v) is 7.20. The summed E-state index contributed by atoms with van der Waals surface area (Å²) in [7, 11) is 0. The molecule has 1 N–H and O–H groups in total. The van der Waals surface area contributed by atoms with Crippen molar-refractivity contribution in [2.45, 2.75) is 37.8 Å². The quantitative estimate of drug-likeness (QED) is 0.932. The van der Waals surface area contributed by atoms with Crippen LogP contribution in [0.1, 0.15) is 24.8 Å². The third-order valence-corrected chi connectivity index (χ3v) is 4.18. The molecular formula is C15H16ClNO3. The van der Waals surface area contributed by atoms with Crippen molar-refractivity contribution in [1.29, 1.82) is 0 Å². The van der Waals surface area contributed by atoms with Crippen molar-refractivity contribution in [1.82, 2.24) is 0 Å². The van der Waals surface area contributed by atoms with Crippen molar-refractivity contribution in [2.24, 2.45) is 10.9 Å². The molecular weight excluding hydrogens is 278 g/mol. The standard InChI is InChI=1S/C15H16ClNO3/c16-11-3-1-2-9(6-11)7-14-17-12-5-4-10(15(18)19)8-13(12)20-14/h1-3,6,10,12-13H,4-5,7-8H2,(H,18,19). The summed E-state index contributed by atoms with van der Waals surface area (Å²) >= 11 is 5.96. The van der Waals surface area contributed by atoms with E-state index < -0.39 is 5.97 Å². The molecule has 0 amide bonds. The Morgan fingerprint density at radius 3 is 3.05 bits per heavy atom. The van der Waals surface area contributed by atoms with Crippen molar-refractivity contribution >= 4 is 23.5 Å². The largest absolute Gasteiger partial charge is 0.481 e. The van der Waals surface area contributed by atoms with Gasteiger partial charge in [-0.25, -0.2) is 4.99 Å². The number of aliphatic carboxylic acids is 1. The number of benzene rings is 1. The van der Waals surface area contributed by atoms with Crippen LogP contribution in [0.15, 0.2) is 29.3 Å². The van der Waals surface area contributed by atoms with Crippen LogP contribution in [-0.2, 0) is 16.0 Å². The Balaban J connectivity index is 1.65. The number of hydrogen-bond acceptors (Lipinski definition) is 3. The first-order valence-electron chi connectivity index (χ1n) is 6.82. The van der Waals surface area contributed by atoms with Crippen LogP contribution in [0.25, 0.3) is 0 Å². The van der Waals surface area contributed by atoms with Gasteiger partial charge in [0, 0.05) is 11.4 Å². The molecule has 106 valence electrons. The lowest BCUT2D eigenvalue weighted by atomic mass is 9.84. The number of ether oxygens (including phenoxy) is 1. The van der Waals surface area contributed by atoms with E-state index in [2.05, 4.69) is 4.99 Å². The van der Waals surface area contributed by atoms with Gasteiger partial charge in [0.15, 0.2) is 5.90 Å². The molecule has 2 aliphatic rings. The second-order valence-corrected chi connectivity index (χ2v) is 5.84. The van der Waals surface area contributed by atoms with Gasteiger partial charge < -0.3 is 9.84 Å². The summed E-state index contributed by atoms with van der Waals surface area (Å²) < 4.78 is 5.83. The molecule has 4 nitrogen and oxygen atoms in total. The molecule has 1 aliphatic carbocycles. The summed E-state index contributed by atoms with van der Waals surface area (Å²) in [4.78, 5) is 15.6. The molecule has 1 saturated carbocycles. The Bertz CT molecular complexity index is 558. The number of aliphatic imine (C=N–C) groups is 1. The molecule has 3 atom stereocenters. The van der Waals surface area contributed by atoms with Gasteiger partial charge in [0.05, 0.1) is 12.0 Å². The van der Waals surface area contributed by atoms with Gasteiger partial charge in [-0.05, 0) is 37.0 Å². The highest BCUT2D eigenvalue weighted by atomic mass is 35.5. The molecule has 3 unspecified atom stereocenters. The van der Waals surface area contributed by atoms with E-state index in [0.29, 0.717) is 30.2 Å². The minimum atomic E-state index is -0.727. The van der Waals surface area contributed by atoms with Gasteiger partial charge >= 0.3 is 5.97 Å². The third kappa shape index (κ3) is 2.80. The van der Waals surface area contributed by atoms with Crippen LogP contribution in [0.2, 0.25) is 5.02 Å². The third-order valence-electron chi connectivity index (χ3n) is 3.95. The average molecular weight is 294 g/mol. The van der Waals surface area contributed by atoms with Crippen molar-refractivity contribution < 1.29 is 14.6 Å². The molecule has 3 rings (SSSR count). The monoisotopic (exact) mass is 293 g/mol. The molecule has 1 aliphatic heterocycles. The fraction of sp³-hybridized carbons (Fsp3) is 0.467. The van der Waals surface area contributed by atoms with Gasteiger partial charge in [0.25, 0.3) is 0 Å². The van der Waals surface area contributed by atoms with E-state index in [-0.39, 0.29) is 18.1 Å². The first-order chi connectivity index (χ1) is 9.61. The molecule has 0 bridgehead atoms. The van der Waals surface area contributed by atoms with Gasteiger partial charge in [0.2, 0.25) is 0 Å². The van der Waals surface area contributed by atoms with Crippen LogP contribution in [0.3, 0.4) is 0 Å². The lowest BCUT2D eigenvalue weighted by Gasteiger charge is -2.26. The topological polar surface area (TPSA) is 58.9 Å². The van der Waals surface area contributed by atoms with E-state index in [0.717, 1.165) is 12.0 Å². The second-order valence-electron chi connectivity index (χ2n) is 5.40. The normalized spacial score (nSPS) is 28.4. The summed E-state index contributed by atoms with van der Waals surface area (Å²) in [5, 5.41) is 9.78. The molecule has 1 aromatic rings. The number of carbonyl (C=O) groups is 1. The second kappa shape index (κ2) is 5.44. The molecule has 1 aromatic carbocycles. The lowest BCUT2D eigenvalue weighted by Crippen LogP contribution is -2.34. The molecule has 1 fully saturated rings. The summed E-state index contributed by atoms with van der Waals surface area (Å²) in [6, 6.07) is 7.75. The molecule has 1 heterocycles. The summed E-state index contributed by atoms with van der Waals surface area (Å²) in [5.41, 5.74) is 1.06. The van der Waals surface area contributed by atoms with Crippen LogP contribution in [0.5, 0.6) is 0 Å². The lowest BCUT2D eigenvalue weighted by molar-refractivity contribution is -0.143. The van der Waals surface area contributed by atoms with Crippen molar-refractivity contribution in [3.8, 4) is 0 Å². The first kappa shape index (κ1) is 13.4. The van der Waals surface area contributed by atoms with Crippen molar-refractivity contribution in [3.63, 3.8) is 0 Å². The number of carboxylic acid groups (broad SMARTS) is 1. The van der Waals surface area contributed by atoms with E-state index >= 15 is 0 Å². The van der Waals surface area contributed by atoms with Gasteiger partial charge in [-0.15, -0.1) is 0 Å². The SMILES string of the molecule is O=C(O)C1CCC2N=C(Cc3cccc(Cl)c3)OC2C1. The minimum Gasteiger partial charge on any atom is -0.481 e. The van der Waals surface area contributed by atoms with Crippen LogP contribution >= 0.6 is 11.6 Å². The molecule has 20 heavy (non-hydrogen) atoms. The maximum absolute atomic E-state index is 11.0. The Morgan fingerprint density at radius 2 is 2.30 bits per heavy atom. The maximum Gasteiger partial charge on any atom is 0.306 e. The van der Waals surface area contributed by atoms with Crippen LogP contribution in [0, 0.1) is 5.92 Å². The van der Waals surface area contributed by atoms with Crippen molar-refractivity contribution in [3.05, 3.63) is 34.9 Å². The Labute approximate surface area is 122 Å². The van der Waals surface area contributed by atoms with E-state index in [4.69, 9.17) is 21.4 Å². The summed E-state index contributed by atoms with van der Waals surface area (Å²) in [6.45, 7) is 0. The Hall–Kier alpha value is -1.55. The highest BCUT2D eigenvalue weighted by Crippen LogP contribution is 2.33. The van der Waals surface area contributed by atoms with Crippen LogP contribution in [-0.4, -0.2) is 29.1 Å². The zero-order valence-electron chi connectivity index (χ0n) is 11.0. The number of fused-ring (bicyclic) bond motifs is 1. The van der Waals surface area contributed by atoms with E-state index in [1.165, 1.54) is 0 Å². The average Bonchev–Trinajstić information content (AvgIpc) is 2.79. The van der Waals surface area contributed by atoms with Crippen LogP contribution < -0.4 is 0 Å². The van der Waals surface area contributed by atoms with Crippen LogP contribution in [0.4, 0.5) is 0 Å². The Morgan fingerprint density at radius 1 is 1.45 bits per heavy atom. The minimum absolute atomic E-state index is 0.0703. The van der Waals surface area contributed by atoms with Gasteiger partial charge in [-0.2, -0.15) is 0 Å². The highest BCUT2D eigenvalue weighted by molar-refractivity contribution is 6.30. The smallest absolute Gasteiger partial charge is 0.306 e. The van der Waals surface area contributed by atoms with Gasteiger partial charge in [-0.1, -0.05) is 23.7 Å². The summed E-state index contributed by atoms with van der Waals surface area (Å²) in [5.74, 6) is -0.319. The predicted octanol–water partition coefficient (Wildman–Crippen LogP) is 2.93. The van der Waals surface area contributed by atoms with Crippen molar-refractivity contribution in [2.75, 3.05) is 0 Å². The zero-order chi connectivity index (χ0) is 14.1. The number of carboxylic acids is 1. The predicted molar refractivity (Wildman–Crippen MR) is 76.2 cm³/mol. The Kier molecular flexibility index (Phi) is 3.66. The zero-order valence-corrected chi connectivity index (χ0v) is 11.7. The molecule has 0 radical (unpaired) electrons. The number of nitrogens with zero attached hydrogens (tertiary/aromatic N) is 1. The summed E-state index contributed by atoms with van der Waals surface area (Å²) in [6.07, 6.45) is 2.58. The molecule has 0 spiro atoms. The highest BCUT2D eigenvalue weighted by Gasteiger charge is 2.39. The number of halogens is 1. The maximum atomic E-state index is 11.0. The van der Waals surface area contributed by atoms with E-state index in [9.17, 15) is 4.79 Å². The van der Waals surface area contributed by atoms with E-state index in [1.54, 1.807) is 0 Å². The molecule has 0 aromatic heterocycles. The number of rotatable bonds is 3. The fourth-order valence-electron chi connectivity index (χ4n) is 2.91. The van der Waals surface area contributed by atoms with E-state index in [1.807, 2.05) is 24.3 Å². The van der Waals surface area contributed by atoms with Gasteiger partial charge in [-0.3, -0.25) is 4.79 Å². The number of hydrogen-bond donors (Lipinski definition) is 1. The van der Waals surface area contributed by atoms with Gasteiger partial charge in [0.1, 0.15) is 6.10 Å². The molecule has 5 heteroatoms. The molecule has 0 saturated heterocycles.